The van der Waals surface area contributed by atoms with Crippen molar-refractivity contribution in [2.75, 3.05) is 19.0 Å². The summed E-state index contributed by atoms with van der Waals surface area (Å²) in [6, 6.07) is 14.2. The first-order valence-electron chi connectivity index (χ1n) is 6.83. The summed E-state index contributed by atoms with van der Waals surface area (Å²) in [6.45, 7) is 1.79. The van der Waals surface area contributed by atoms with Crippen LogP contribution in [0.15, 0.2) is 53.5 Å². The first-order valence-corrected chi connectivity index (χ1v) is 6.83. The zero-order valence-corrected chi connectivity index (χ0v) is 12.5. The van der Waals surface area contributed by atoms with E-state index in [0.717, 1.165) is 0 Å². The molecule has 0 aromatic heterocycles. The lowest BCUT2D eigenvalue weighted by Gasteiger charge is -2.09. The Kier molecular flexibility index (Phi) is 5.27. The van der Waals surface area contributed by atoms with Crippen LogP contribution in [0.25, 0.3) is 0 Å². The molecule has 2 aromatic carbocycles. The number of nitrogens with one attached hydrogen (secondary N) is 1. The Hall–Kier alpha value is -2.66. The first kappa shape index (κ1) is 15.7. The highest BCUT2D eigenvalue weighted by molar-refractivity contribution is 6.03. The van der Waals surface area contributed by atoms with Crippen LogP contribution >= 0.6 is 0 Å². The fraction of sp³-hybridized carbons (Fsp3) is 0.176. The number of anilines is 1. The molecule has 0 aliphatic rings. The minimum Gasteiger partial charge on any atom is -0.507 e. The summed E-state index contributed by atoms with van der Waals surface area (Å²) < 4.78 is 4.80. The maximum Gasteiger partial charge on any atom is 0.250 e. The van der Waals surface area contributed by atoms with Crippen LogP contribution < -0.4 is 5.32 Å². The standard InChI is InChI=1S/C17H18N2O3/c1-12(13-7-3-6-10-16(13)20)18-14-8-4-5-9-15(14)19-17(21)11-22-2/h3-10,20H,11H2,1-2H3,(H,19,21). The highest BCUT2D eigenvalue weighted by Crippen LogP contribution is 2.26. The van der Waals surface area contributed by atoms with Crippen molar-refractivity contribution in [1.82, 2.24) is 0 Å². The highest BCUT2D eigenvalue weighted by Gasteiger charge is 2.08. The minimum atomic E-state index is -0.245. The molecule has 2 N–H and O–H groups in total. The predicted octanol–water partition coefficient (Wildman–Crippen LogP) is 3.12. The van der Waals surface area contributed by atoms with Crippen molar-refractivity contribution in [3.05, 3.63) is 54.1 Å². The lowest BCUT2D eigenvalue weighted by molar-refractivity contribution is -0.119. The minimum absolute atomic E-state index is 0.0174. The molecule has 5 nitrogen and oxygen atoms in total. The molecule has 0 spiro atoms. The molecule has 0 saturated carbocycles. The van der Waals surface area contributed by atoms with Crippen LogP contribution in [0.5, 0.6) is 5.75 Å². The smallest absolute Gasteiger partial charge is 0.250 e. The van der Waals surface area contributed by atoms with Gasteiger partial charge < -0.3 is 15.2 Å². The van der Waals surface area contributed by atoms with E-state index in [1.165, 1.54) is 7.11 Å². The number of phenols is 1. The fourth-order valence-electron chi connectivity index (χ4n) is 2.01. The number of ether oxygens (including phenoxy) is 1. The van der Waals surface area contributed by atoms with Crippen molar-refractivity contribution in [3.63, 3.8) is 0 Å². The molecule has 22 heavy (non-hydrogen) atoms. The van der Waals surface area contributed by atoms with Crippen LogP contribution in [-0.4, -0.2) is 30.4 Å². The lowest BCUT2D eigenvalue weighted by atomic mass is 10.1. The molecule has 0 heterocycles. The summed E-state index contributed by atoms with van der Waals surface area (Å²) in [4.78, 5) is 16.2. The molecular formula is C17H18N2O3. The van der Waals surface area contributed by atoms with Crippen molar-refractivity contribution in [3.8, 4) is 5.75 Å². The topological polar surface area (TPSA) is 70.9 Å². The summed E-state index contributed by atoms with van der Waals surface area (Å²) in [6.07, 6.45) is 0. The number of nitrogens with zero attached hydrogens (tertiary/aromatic N) is 1. The lowest BCUT2D eigenvalue weighted by Crippen LogP contribution is -2.17. The molecule has 0 radical (unpaired) electrons. The highest BCUT2D eigenvalue weighted by atomic mass is 16.5. The molecule has 5 heteroatoms. The number of hydrogen-bond donors (Lipinski definition) is 2. The van der Waals surface area contributed by atoms with E-state index in [1.54, 1.807) is 30.3 Å². The van der Waals surface area contributed by atoms with Crippen LogP contribution in [-0.2, 0) is 9.53 Å². The second-order valence-corrected chi connectivity index (χ2v) is 4.71. The van der Waals surface area contributed by atoms with Crippen molar-refractivity contribution in [2.45, 2.75) is 6.92 Å². The molecule has 2 rings (SSSR count). The number of carbonyl (C=O) groups is 1. The van der Waals surface area contributed by atoms with Crippen molar-refractivity contribution in [1.29, 1.82) is 0 Å². The third-order valence-electron chi connectivity index (χ3n) is 3.04. The Bertz CT molecular complexity index is 696. The van der Waals surface area contributed by atoms with Crippen molar-refractivity contribution >= 4 is 23.0 Å². The summed E-state index contributed by atoms with van der Waals surface area (Å²) >= 11 is 0. The molecule has 0 aliphatic heterocycles. The van der Waals surface area contributed by atoms with E-state index in [1.807, 2.05) is 25.1 Å². The molecular weight excluding hydrogens is 280 g/mol. The van der Waals surface area contributed by atoms with E-state index in [2.05, 4.69) is 10.3 Å². The van der Waals surface area contributed by atoms with Crippen LogP contribution in [0.2, 0.25) is 0 Å². The average Bonchev–Trinajstić information content (AvgIpc) is 2.50. The number of para-hydroxylation sites is 3. The van der Waals surface area contributed by atoms with E-state index < -0.39 is 0 Å². The second-order valence-electron chi connectivity index (χ2n) is 4.71. The van der Waals surface area contributed by atoms with Gasteiger partial charge in [-0.1, -0.05) is 24.3 Å². The monoisotopic (exact) mass is 298 g/mol. The number of hydrogen-bond acceptors (Lipinski definition) is 4. The van der Waals surface area contributed by atoms with E-state index in [-0.39, 0.29) is 18.3 Å². The molecule has 2 aromatic rings. The van der Waals surface area contributed by atoms with E-state index in [9.17, 15) is 9.90 Å². The van der Waals surface area contributed by atoms with Crippen molar-refractivity contribution < 1.29 is 14.6 Å². The summed E-state index contributed by atoms with van der Waals surface area (Å²) in [5.41, 5.74) is 2.53. The molecule has 0 saturated heterocycles. The Labute approximate surface area is 129 Å². The maximum absolute atomic E-state index is 11.6. The summed E-state index contributed by atoms with van der Waals surface area (Å²) in [5.74, 6) is -0.0741. The molecule has 0 bridgehead atoms. The average molecular weight is 298 g/mol. The van der Waals surface area contributed by atoms with Gasteiger partial charge >= 0.3 is 0 Å². The van der Waals surface area contributed by atoms with Crippen molar-refractivity contribution in [2.24, 2.45) is 4.99 Å². The van der Waals surface area contributed by atoms with Gasteiger partial charge in [0.25, 0.3) is 0 Å². The van der Waals surface area contributed by atoms with E-state index in [4.69, 9.17) is 4.74 Å². The van der Waals surface area contributed by atoms with Gasteiger partial charge in [-0.05, 0) is 31.2 Å². The predicted molar refractivity (Wildman–Crippen MR) is 86.9 cm³/mol. The molecule has 1 amide bonds. The summed E-state index contributed by atoms with van der Waals surface area (Å²) in [7, 11) is 1.46. The quantitative estimate of drug-likeness (QED) is 0.833. The van der Waals surface area contributed by atoms with Gasteiger partial charge in [-0.2, -0.15) is 0 Å². The molecule has 114 valence electrons. The number of amides is 1. The largest absolute Gasteiger partial charge is 0.507 e. The molecule has 0 atom stereocenters. The van der Waals surface area contributed by atoms with Gasteiger partial charge in [-0.3, -0.25) is 9.79 Å². The molecule has 0 unspecified atom stereocenters. The SMILES string of the molecule is COCC(=O)Nc1ccccc1N=C(C)c1ccccc1O. The van der Waals surface area contributed by atoms with E-state index in [0.29, 0.717) is 22.6 Å². The third-order valence-corrected chi connectivity index (χ3v) is 3.04. The number of benzene rings is 2. The molecule has 0 fully saturated rings. The van der Waals surface area contributed by atoms with Gasteiger partial charge in [0.15, 0.2) is 0 Å². The Morgan fingerprint density at radius 3 is 2.59 bits per heavy atom. The second kappa shape index (κ2) is 7.38. The van der Waals surface area contributed by atoms with Gasteiger partial charge in [-0.15, -0.1) is 0 Å². The zero-order valence-electron chi connectivity index (χ0n) is 12.5. The van der Waals surface area contributed by atoms with Gasteiger partial charge in [0.05, 0.1) is 11.4 Å². The third kappa shape index (κ3) is 3.93. The van der Waals surface area contributed by atoms with Crippen LogP contribution in [0, 0.1) is 0 Å². The Morgan fingerprint density at radius 1 is 1.18 bits per heavy atom. The first-order chi connectivity index (χ1) is 10.6. The van der Waals surface area contributed by atoms with Gasteiger partial charge in [0.2, 0.25) is 5.91 Å². The number of carbonyl (C=O) groups excluding carboxylic acids is 1. The number of aromatic hydroxyl groups is 1. The molecule has 0 aliphatic carbocycles. The Balaban J connectivity index is 2.31. The maximum atomic E-state index is 11.6. The van der Waals surface area contributed by atoms with Gasteiger partial charge in [0.1, 0.15) is 12.4 Å². The van der Waals surface area contributed by atoms with Crippen LogP contribution in [0.3, 0.4) is 0 Å². The van der Waals surface area contributed by atoms with Crippen LogP contribution in [0.4, 0.5) is 11.4 Å². The van der Waals surface area contributed by atoms with Crippen LogP contribution in [0.1, 0.15) is 12.5 Å². The number of methoxy groups -OCH3 is 1. The Morgan fingerprint density at radius 2 is 1.86 bits per heavy atom. The zero-order chi connectivity index (χ0) is 15.9. The number of aliphatic imine (C=N–C) groups is 1. The van der Waals surface area contributed by atoms with Gasteiger partial charge in [-0.25, -0.2) is 0 Å². The fourth-order valence-corrected chi connectivity index (χ4v) is 2.01. The van der Waals surface area contributed by atoms with E-state index >= 15 is 0 Å². The number of phenolic OH excluding ortho intramolecular Hbond substituents is 1. The summed E-state index contributed by atoms with van der Waals surface area (Å²) in [5, 5.41) is 12.6. The van der Waals surface area contributed by atoms with Gasteiger partial charge in [0, 0.05) is 18.4 Å². The number of rotatable bonds is 5. The normalized spacial score (nSPS) is 11.3.